The van der Waals surface area contributed by atoms with Gasteiger partial charge in [-0.15, -0.1) is 0 Å². The molecule has 6 heteroatoms. The molecule has 1 aliphatic carbocycles. The Labute approximate surface area is 118 Å². The summed E-state index contributed by atoms with van der Waals surface area (Å²) in [5.74, 6) is -0.422. The van der Waals surface area contributed by atoms with E-state index < -0.39 is 9.84 Å². The number of benzene rings is 1. The maximum absolute atomic E-state index is 12.1. The Balaban J connectivity index is 2.21. The minimum atomic E-state index is -3.29. The molecule has 108 valence electrons. The van der Waals surface area contributed by atoms with Crippen LogP contribution in [0.3, 0.4) is 0 Å². The number of rotatable bonds is 3. The van der Waals surface area contributed by atoms with Crippen LogP contribution >= 0.6 is 0 Å². The number of hydrogen-bond acceptors (Lipinski definition) is 4. The molecule has 0 spiro atoms. The quantitative estimate of drug-likeness (QED) is 0.821. The molecule has 0 saturated heterocycles. The average Bonchev–Trinajstić information content (AvgIpc) is 2.77. The van der Waals surface area contributed by atoms with Gasteiger partial charge in [0, 0.05) is 18.0 Å². The second-order valence-electron chi connectivity index (χ2n) is 5.13. The van der Waals surface area contributed by atoms with Gasteiger partial charge in [0.25, 0.3) is 0 Å². The van der Waals surface area contributed by atoms with Crippen molar-refractivity contribution in [3.63, 3.8) is 0 Å². The smallest absolute Gasteiger partial charge is 0.231 e. The predicted molar refractivity (Wildman–Crippen MR) is 78.1 cm³/mol. The van der Waals surface area contributed by atoms with Gasteiger partial charge in [0.2, 0.25) is 5.91 Å². The van der Waals surface area contributed by atoms with Gasteiger partial charge in [-0.3, -0.25) is 4.79 Å². The summed E-state index contributed by atoms with van der Waals surface area (Å²) in [6.45, 7) is 1.82. The van der Waals surface area contributed by atoms with Crippen LogP contribution in [0.15, 0.2) is 35.2 Å². The maximum atomic E-state index is 12.1. The number of aryl methyl sites for hydroxylation is 1. The SMILES string of the molecule is Cc1ccc(S(C)(=O)=O)cc1NC(=O)C1C=CC(N)C1. The zero-order valence-electron chi connectivity index (χ0n) is 11.5. The number of nitrogens with two attached hydrogens (primary N) is 1. The summed E-state index contributed by atoms with van der Waals surface area (Å²) in [4.78, 5) is 12.3. The first kappa shape index (κ1) is 14.7. The fourth-order valence-electron chi connectivity index (χ4n) is 2.11. The van der Waals surface area contributed by atoms with Crippen molar-refractivity contribution in [3.8, 4) is 0 Å². The van der Waals surface area contributed by atoms with Crippen molar-refractivity contribution in [2.24, 2.45) is 11.7 Å². The van der Waals surface area contributed by atoms with Crippen molar-refractivity contribution >= 4 is 21.4 Å². The van der Waals surface area contributed by atoms with Crippen molar-refractivity contribution in [2.45, 2.75) is 24.3 Å². The molecule has 2 unspecified atom stereocenters. The van der Waals surface area contributed by atoms with Gasteiger partial charge in [-0.2, -0.15) is 0 Å². The fourth-order valence-corrected chi connectivity index (χ4v) is 2.76. The third-order valence-corrected chi connectivity index (χ3v) is 4.46. The highest BCUT2D eigenvalue weighted by Crippen LogP contribution is 2.23. The van der Waals surface area contributed by atoms with Crippen LogP contribution in [0.25, 0.3) is 0 Å². The molecule has 5 nitrogen and oxygen atoms in total. The number of sulfone groups is 1. The van der Waals surface area contributed by atoms with E-state index in [-0.39, 0.29) is 22.8 Å². The molecule has 0 bridgehead atoms. The summed E-state index contributed by atoms with van der Waals surface area (Å²) in [7, 11) is -3.29. The minimum absolute atomic E-state index is 0.0887. The number of carbonyl (C=O) groups excluding carboxylic acids is 1. The molecule has 1 aromatic carbocycles. The molecule has 1 aliphatic rings. The topological polar surface area (TPSA) is 89.3 Å². The van der Waals surface area contributed by atoms with E-state index in [1.807, 2.05) is 13.0 Å². The second kappa shape index (κ2) is 5.38. The van der Waals surface area contributed by atoms with Gasteiger partial charge in [0.1, 0.15) is 0 Å². The lowest BCUT2D eigenvalue weighted by Crippen LogP contribution is -2.24. The molecule has 20 heavy (non-hydrogen) atoms. The molecule has 0 heterocycles. The second-order valence-corrected chi connectivity index (χ2v) is 7.14. The van der Waals surface area contributed by atoms with Crippen LogP contribution in [-0.2, 0) is 14.6 Å². The maximum Gasteiger partial charge on any atom is 0.231 e. The molecule has 0 aliphatic heterocycles. The monoisotopic (exact) mass is 294 g/mol. The summed E-state index contributed by atoms with van der Waals surface area (Å²) in [5, 5.41) is 2.78. The van der Waals surface area contributed by atoms with Crippen LogP contribution in [-0.4, -0.2) is 26.6 Å². The van der Waals surface area contributed by atoms with Crippen LogP contribution in [0.2, 0.25) is 0 Å². The molecule has 2 rings (SSSR count). The molecule has 0 saturated carbocycles. The van der Waals surface area contributed by atoms with Crippen molar-refractivity contribution in [1.82, 2.24) is 0 Å². The fraction of sp³-hybridized carbons (Fsp3) is 0.357. The average molecular weight is 294 g/mol. The molecule has 0 fully saturated rings. The highest BCUT2D eigenvalue weighted by atomic mass is 32.2. The molecule has 1 aromatic rings. The lowest BCUT2D eigenvalue weighted by atomic mass is 10.1. The van der Waals surface area contributed by atoms with Gasteiger partial charge in [-0.1, -0.05) is 18.2 Å². The minimum Gasteiger partial charge on any atom is -0.325 e. The predicted octanol–water partition coefficient (Wildman–Crippen LogP) is 1.24. The van der Waals surface area contributed by atoms with Gasteiger partial charge in [0.05, 0.1) is 10.8 Å². The first-order valence-corrected chi connectivity index (χ1v) is 8.22. The Hall–Kier alpha value is -1.66. The van der Waals surface area contributed by atoms with E-state index in [9.17, 15) is 13.2 Å². The Bertz CT molecular complexity index is 665. The zero-order chi connectivity index (χ0) is 14.9. The van der Waals surface area contributed by atoms with E-state index in [0.29, 0.717) is 12.1 Å². The molecule has 2 atom stereocenters. The Morgan fingerprint density at radius 3 is 2.60 bits per heavy atom. The molecule has 0 radical (unpaired) electrons. The van der Waals surface area contributed by atoms with Gasteiger partial charge in [-0.25, -0.2) is 8.42 Å². The number of carbonyl (C=O) groups is 1. The van der Waals surface area contributed by atoms with Gasteiger partial charge in [-0.05, 0) is 31.0 Å². The highest BCUT2D eigenvalue weighted by molar-refractivity contribution is 7.90. The van der Waals surface area contributed by atoms with Crippen LogP contribution in [0.1, 0.15) is 12.0 Å². The number of amides is 1. The van der Waals surface area contributed by atoms with Crippen molar-refractivity contribution in [3.05, 3.63) is 35.9 Å². The largest absolute Gasteiger partial charge is 0.325 e. The van der Waals surface area contributed by atoms with Crippen molar-refractivity contribution in [2.75, 3.05) is 11.6 Å². The standard InChI is InChI=1S/C14H18N2O3S/c1-9-3-6-12(20(2,18)19)8-13(9)16-14(17)10-4-5-11(15)7-10/h3-6,8,10-11H,7,15H2,1-2H3,(H,16,17). The summed E-state index contributed by atoms with van der Waals surface area (Å²) in [6.07, 6.45) is 5.32. The number of hydrogen-bond donors (Lipinski definition) is 2. The molecule has 1 amide bonds. The Kier molecular flexibility index (Phi) is 3.96. The van der Waals surface area contributed by atoms with Gasteiger partial charge >= 0.3 is 0 Å². The van der Waals surface area contributed by atoms with Crippen LogP contribution in [0, 0.1) is 12.8 Å². The molecular weight excluding hydrogens is 276 g/mol. The highest BCUT2D eigenvalue weighted by Gasteiger charge is 2.23. The van der Waals surface area contributed by atoms with E-state index in [2.05, 4.69) is 5.32 Å². The van der Waals surface area contributed by atoms with Crippen LogP contribution in [0.5, 0.6) is 0 Å². The third kappa shape index (κ3) is 3.26. The zero-order valence-corrected chi connectivity index (χ0v) is 12.3. The first-order chi connectivity index (χ1) is 9.27. The van der Waals surface area contributed by atoms with Crippen LogP contribution < -0.4 is 11.1 Å². The molecular formula is C14H18N2O3S. The first-order valence-electron chi connectivity index (χ1n) is 6.33. The van der Waals surface area contributed by atoms with Crippen LogP contribution in [0.4, 0.5) is 5.69 Å². The van der Waals surface area contributed by atoms with E-state index >= 15 is 0 Å². The Morgan fingerprint density at radius 1 is 1.35 bits per heavy atom. The molecule has 0 aromatic heterocycles. The summed E-state index contributed by atoms with van der Waals surface area (Å²) in [6, 6.07) is 4.61. The molecule has 3 N–H and O–H groups in total. The number of anilines is 1. The third-order valence-electron chi connectivity index (χ3n) is 3.35. The van der Waals surface area contributed by atoms with Gasteiger partial charge < -0.3 is 11.1 Å². The van der Waals surface area contributed by atoms with E-state index in [0.717, 1.165) is 11.8 Å². The lowest BCUT2D eigenvalue weighted by Gasteiger charge is -2.13. The van der Waals surface area contributed by atoms with E-state index in [1.165, 1.54) is 12.1 Å². The number of nitrogens with one attached hydrogen (secondary N) is 1. The van der Waals surface area contributed by atoms with Crippen molar-refractivity contribution in [1.29, 1.82) is 0 Å². The Morgan fingerprint density at radius 2 is 2.05 bits per heavy atom. The van der Waals surface area contributed by atoms with E-state index in [4.69, 9.17) is 5.73 Å². The van der Waals surface area contributed by atoms with Gasteiger partial charge in [0.15, 0.2) is 9.84 Å². The lowest BCUT2D eigenvalue weighted by molar-refractivity contribution is -0.118. The van der Waals surface area contributed by atoms with Crippen molar-refractivity contribution < 1.29 is 13.2 Å². The summed E-state index contributed by atoms with van der Waals surface area (Å²) in [5.41, 5.74) is 7.06. The summed E-state index contributed by atoms with van der Waals surface area (Å²) < 4.78 is 23.1. The summed E-state index contributed by atoms with van der Waals surface area (Å²) >= 11 is 0. The van der Waals surface area contributed by atoms with E-state index in [1.54, 1.807) is 12.1 Å². The normalized spacial score (nSPS) is 21.9.